The highest BCUT2D eigenvalue weighted by atomic mass is 35.5. The zero-order chi connectivity index (χ0) is 11.7. The summed E-state index contributed by atoms with van der Waals surface area (Å²) in [7, 11) is 0. The van der Waals surface area contributed by atoms with Crippen LogP contribution in [0.25, 0.3) is 0 Å². The average molecular weight is 244 g/mol. The van der Waals surface area contributed by atoms with Crippen LogP contribution < -0.4 is 5.32 Å². The van der Waals surface area contributed by atoms with Crippen LogP contribution in [0.2, 0.25) is 5.02 Å². The molecular formula is C11H11ClFNO2. The zero-order valence-electron chi connectivity index (χ0n) is 8.41. The second-order valence-electron chi connectivity index (χ2n) is 3.88. The van der Waals surface area contributed by atoms with E-state index in [1.54, 1.807) is 0 Å². The Kier molecular flexibility index (Phi) is 3.12. The standard InChI is InChI=1S/C11H11ClFNO2/c12-6-1-2-10(13)7(3-6)8-4-14-5-9(8)11(15)16/h1-3,8-9,14H,4-5H2,(H,15,16). The van der Waals surface area contributed by atoms with Gasteiger partial charge in [0.15, 0.2) is 0 Å². The van der Waals surface area contributed by atoms with Gasteiger partial charge in [0.2, 0.25) is 0 Å². The summed E-state index contributed by atoms with van der Waals surface area (Å²) in [5.74, 6) is -2.25. The topological polar surface area (TPSA) is 49.3 Å². The number of carbonyl (C=O) groups is 1. The van der Waals surface area contributed by atoms with Gasteiger partial charge in [0, 0.05) is 24.0 Å². The molecule has 0 aliphatic carbocycles. The largest absolute Gasteiger partial charge is 0.481 e. The third-order valence-electron chi connectivity index (χ3n) is 2.89. The smallest absolute Gasteiger partial charge is 0.308 e. The number of halogens is 2. The second kappa shape index (κ2) is 4.39. The maximum Gasteiger partial charge on any atom is 0.308 e. The molecule has 2 rings (SSSR count). The van der Waals surface area contributed by atoms with Crippen LogP contribution in [0.4, 0.5) is 4.39 Å². The summed E-state index contributed by atoms with van der Waals surface area (Å²) in [6.45, 7) is 0.834. The van der Waals surface area contributed by atoms with Gasteiger partial charge in [-0.1, -0.05) is 11.6 Å². The van der Waals surface area contributed by atoms with E-state index < -0.39 is 17.7 Å². The molecule has 0 radical (unpaired) electrons. The molecule has 1 heterocycles. The minimum Gasteiger partial charge on any atom is -0.481 e. The Bertz CT molecular complexity index is 424. The number of hydrogen-bond donors (Lipinski definition) is 2. The van der Waals surface area contributed by atoms with Gasteiger partial charge in [0.25, 0.3) is 0 Å². The van der Waals surface area contributed by atoms with E-state index in [1.165, 1.54) is 18.2 Å². The van der Waals surface area contributed by atoms with Gasteiger partial charge in [0.1, 0.15) is 5.82 Å². The molecule has 86 valence electrons. The lowest BCUT2D eigenvalue weighted by Crippen LogP contribution is -2.21. The van der Waals surface area contributed by atoms with Gasteiger partial charge in [-0.15, -0.1) is 0 Å². The first-order valence-electron chi connectivity index (χ1n) is 4.98. The average Bonchev–Trinajstić information content (AvgIpc) is 2.70. The van der Waals surface area contributed by atoms with Crippen molar-refractivity contribution in [3.05, 3.63) is 34.6 Å². The van der Waals surface area contributed by atoms with Gasteiger partial charge in [-0.2, -0.15) is 0 Å². The Morgan fingerprint density at radius 3 is 2.94 bits per heavy atom. The SMILES string of the molecule is O=C(O)C1CNCC1c1cc(Cl)ccc1F. The van der Waals surface area contributed by atoms with Crippen LogP contribution in [-0.2, 0) is 4.79 Å². The van der Waals surface area contributed by atoms with Crippen molar-refractivity contribution in [2.24, 2.45) is 5.92 Å². The lowest BCUT2D eigenvalue weighted by Gasteiger charge is -2.15. The number of nitrogens with one attached hydrogen (secondary N) is 1. The van der Waals surface area contributed by atoms with E-state index in [0.717, 1.165) is 0 Å². The summed E-state index contributed by atoms with van der Waals surface area (Å²) in [6, 6.07) is 4.23. The number of aliphatic carboxylic acids is 1. The van der Waals surface area contributed by atoms with Gasteiger partial charge in [0.05, 0.1) is 5.92 Å². The summed E-state index contributed by atoms with van der Waals surface area (Å²) >= 11 is 5.79. The molecule has 3 nitrogen and oxygen atoms in total. The molecule has 0 bridgehead atoms. The minimum absolute atomic E-state index is 0.351. The van der Waals surface area contributed by atoms with Gasteiger partial charge in [-0.05, 0) is 23.8 Å². The minimum atomic E-state index is -0.908. The Hall–Kier alpha value is -1.13. The van der Waals surface area contributed by atoms with E-state index in [0.29, 0.717) is 23.7 Å². The lowest BCUT2D eigenvalue weighted by molar-refractivity contribution is -0.141. The summed E-state index contributed by atoms with van der Waals surface area (Å²) in [5, 5.41) is 12.4. The highest BCUT2D eigenvalue weighted by molar-refractivity contribution is 6.30. The Morgan fingerprint density at radius 2 is 2.25 bits per heavy atom. The molecule has 1 saturated heterocycles. The Morgan fingerprint density at radius 1 is 1.50 bits per heavy atom. The predicted octanol–water partition coefficient (Wildman–Crippen LogP) is 1.87. The number of hydrogen-bond acceptors (Lipinski definition) is 2. The first-order valence-corrected chi connectivity index (χ1v) is 5.36. The summed E-state index contributed by atoms with van der Waals surface area (Å²) in [5.41, 5.74) is 0.380. The second-order valence-corrected chi connectivity index (χ2v) is 4.31. The Balaban J connectivity index is 2.35. The molecule has 1 aromatic carbocycles. The molecule has 0 aromatic heterocycles. The van der Waals surface area contributed by atoms with Gasteiger partial charge >= 0.3 is 5.97 Å². The molecule has 5 heteroatoms. The van der Waals surface area contributed by atoms with Crippen LogP contribution in [0.3, 0.4) is 0 Å². The van der Waals surface area contributed by atoms with E-state index >= 15 is 0 Å². The third-order valence-corrected chi connectivity index (χ3v) is 3.12. The maximum absolute atomic E-state index is 13.6. The fraction of sp³-hybridized carbons (Fsp3) is 0.364. The van der Waals surface area contributed by atoms with Crippen molar-refractivity contribution in [3.63, 3.8) is 0 Å². The molecule has 2 N–H and O–H groups in total. The van der Waals surface area contributed by atoms with Gasteiger partial charge in [-0.3, -0.25) is 4.79 Å². The van der Waals surface area contributed by atoms with Crippen molar-refractivity contribution < 1.29 is 14.3 Å². The highest BCUT2D eigenvalue weighted by Crippen LogP contribution is 2.31. The van der Waals surface area contributed by atoms with Crippen molar-refractivity contribution in [1.29, 1.82) is 0 Å². The highest BCUT2D eigenvalue weighted by Gasteiger charge is 2.35. The van der Waals surface area contributed by atoms with E-state index in [2.05, 4.69) is 5.32 Å². The first kappa shape index (κ1) is 11.4. The molecule has 16 heavy (non-hydrogen) atoms. The van der Waals surface area contributed by atoms with Crippen LogP contribution in [0.1, 0.15) is 11.5 Å². The molecule has 1 aromatic rings. The van der Waals surface area contributed by atoms with Gasteiger partial charge in [-0.25, -0.2) is 4.39 Å². The monoisotopic (exact) mass is 243 g/mol. The summed E-state index contributed by atoms with van der Waals surface area (Å²) < 4.78 is 13.6. The van der Waals surface area contributed by atoms with E-state index in [1.807, 2.05) is 0 Å². The molecule has 0 amide bonds. The molecule has 1 fully saturated rings. The van der Waals surface area contributed by atoms with Crippen molar-refractivity contribution in [1.82, 2.24) is 5.32 Å². The van der Waals surface area contributed by atoms with Crippen molar-refractivity contribution in [2.75, 3.05) is 13.1 Å². The van der Waals surface area contributed by atoms with E-state index in [4.69, 9.17) is 16.7 Å². The van der Waals surface area contributed by atoms with Gasteiger partial charge < -0.3 is 10.4 Å². The maximum atomic E-state index is 13.6. The number of benzene rings is 1. The number of carboxylic acids is 1. The third kappa shape index (κ3) is 2.03. The molecule has 0 saturated carbocycles. The van der Waals surface area contributed by atoms with Crippen LogP contribution in [-0.4, -0.2) is 24.2 Å². The Labute approximate surface area is 97.2 Å². The van der Waals surface area contributed by atoms with E-state index in [-0.39, 0.29) is 5.92 Å². The van der Waals surface area contributed by atoms with E-state index in [9.17, 15) is 9.18 Å². The number of rotatable bonds is 2. The molecule has 1 aliphatic rings. The quantitative estimate of drug-likeness (QED) is 0.834. The summed E-state index contributed by atoms with van der Waals surface area (Å²) in [6.07, 6.45) is 0. The number of carboxylic acid groups (broad SMARTS) is 1. The fourth-order valence-electron chi connectivity index (χ4n) is 2.06. The molecular weight excluding hydrogens is 233 g/mol. The van der Waals surface area contributed by atoms with Crippen molar-refractivity contribution in [3.8, 4) is 0 Å². The van der Waals surface area contributed by atoms with Crippen molar-refractivity contribution >= 4 is 17.6 Å². The van der Waals surface area contributed by atoms with Crippen LogP contribution in [0.15, 0.2) is 18.2 Å². The van der Waals surface area contributed by atoms with Crippen LogP contribution in [0, 0.1) is 11.7 Å². The first-order chi connectivity index (χ1) is 7.59. The predicted molar refractivity (Wildman–Crippen MR) is 58.1 cm³/mol. The molecule has 0 spiro atoms. The normalized spacial score (nSPS) is 24.6. The van der Waals surface area contributed by atoms with Crippen LogP contribution in [0.5, 0.6) is 0 Å². The van der Waals surface area contributed by atoms with Crippen molar-refractivity contribution in [2.45, 2.75) is 5.92 Å². The fourth-order valence-corrected chi connectivity index (χ4v) is 2.24. The van der Waals surface area contributed by atoms with Crippen LogP contribution >= 0.6 is 11.6 Å². The molecule has 2 unspecified atom stereocenters. The summed E-state index contributed by atoms with van der Waals surface area (Å²) in [4.78, 5) is 11.0. The molecule has 1 aliphatic heterocycles. The lowest BCUT2D eigenvalue weighted by atomic mass is 9.89. The molecule has 2 atom stereocenters. The zero-order valence-corrected chi connectivity index (χ0v) is 9.17.